The first-order chi connectivity index (χ1) is 12.1. The van der Waals surface area contributed by atoms with Crippen molar-refractivity contribution in [3.05, 3.63) is 24.3 Å². The molecule has 1 aliphatic heterocycles. The number of benzene rings is 1. The molecule has 0 N–H and O–H groups in total. The van der Waals surface area contributed by atoms with Crippen molar-refractivity contribution in [2.75, 3.05) is 32.8 Å². The fourth-order valence-corrected chi connectivity index (χ4v) is 3.13. The topological polar surface area (TPSA) is 59.1 Å². The zero-order valence-electron chi connectivity index (χ0n) is 15.4. The summed E-state index contributed by atoms with van der Waals surface area (Å²) in [6.07, 6.45) is 1.57. The lowest BCUT2D eigenvalue weighted by atomic mass is 10.2. The maximum absolute atomic E-state index is 12.6. The van der Waals surface area contributed by atoms with E-state index in [9.17, 15) is 9.59 Å². The van der Waals surface area contributed by atoms with Crippen molar-refractivity contribution < 1.29 is 19.1 Å². The lowest BCUT2D eigenvalue weighted by molar-refractivity contribution is -0.144. The first-order valence-electron chi connectivity index (χ1n) is 9.05. The van der Waals surface area contributed by atoms with Crippen LogP contribution < -0.4 is 9.47 Å². The number of nitrogens with zero attached hydrogens (tertiary/aromatic N) is 2. The number of amides is 2. The fraction of sp³-hybridized carbons (Fsp3) is 0.579. The summed E-state index contributed by atoms with van der Waals surface area (Å²) in [6, 6.07) is 6.93. The minimum absolute atomic E-state index is 0.0329. The second-order valence-electron chi connectivity index (χ2n) is 5.92. The second kappa shape index (κ2) is 9.30. The van der Waals surface area contributed by atoms with E-state index in [1.54, 1.807) is 15.9 Å². The third kappa shape index (κ3) is 4.65. The first kappa shape index (κ1) is 19.1. The van der Waals surface area contributed by atoms with Crippen LogP contribution in [0.2, 0.25) is 0 Å². The molecule has 1 atom stereocenters. The Morgan fingerprint density at radius 2 is 1.76 bits per heavy atom. The van der Waals surface area contributed by atoms with Crippen LogP contribution in [0.4, 0.5) is 0 Å². The van der Waals surface area contributed by atoms with E-state index in [1.165, 1.54) is 0 Å². The summed E-state index contributed by atoms with van der Waals surface area (Å²) in [7, 11) is 0. The summed E-state index contributed by atoms with van der Waals surface area (Å²) in [6.45, 7) is 8.17. The number of carbonyl (C=O) groups excluding carboxylic acids is 2. The minimum Gasteiger partial charge on any atom is -0.490 e. The van der Waals surface area contributed by atoms with E-state index in [4.69, 9.17) is 9.47 Å². The number of ether oxygens (including phenoxy) is 2. The van der Waals surface area contributed by atoms with Crippen molar-refractivity contribution in [1.29, 1.82) is 0 Å². The number of likely N-dealkylation sites (N-methyl/N-ethyl adjacent to an activating group) is 1. The molecule has 1 saturated heterocycles. The van der Waals surface area contributed by atoms with Crippen LogP contribution in [0.15, 0.2) is 24.3 Å². The van der Waals surface area contributed by atoms with Gasteiger partial charge in [0.05, 0.1) is 6.61 Å². The van der Waals surface area contributed by atoms with Gasteiger partial charge in [0, 0.05) is 19.6 Å². The highest BCUT2D eigenvalue weighted by molar-refractivity contribution is 5.88. The number of para-hydroxylation sites is 2. The summed E-state index contributed by atoms with van der Waals surface area (Å²) in [5.41, 5.74) is 0. The molecule has 25 heavy (non-hydrogen) atoms. The molecule has 0 aliphatic carbocycles. The molecule has 0 saturated carbocycles. The highest BCUT2D eigenvalue weighted by atomic mass is 16.5. The van der Waals surface area contributed by atoms with Crippen LogP contribution in [0.5, 0.6) is 11.5 Å². The Morgan fingerprint density at radius 1 is 1.12 bits per heavy atom. The molecule has 6 nitrogen and oxygen atoms in total. The fourth-order valence-electron chi connectivity index (χ4n) is 3.13. The number of rotatable bonds is 8. The van der Waals surface area contributed by atoms with E-state index < -0.39 is 0 Å². The Labute approximate surface area is 149 Å². The maximum Gasteiger partial charge on any atom is 0.261 e. The Balaban J connectivity index is 1.99. The standard InChI is InChI=1S/C19H28N2O4/c1-4-20(5-2)19(23)15-10-9-13-21(15)18(22)14-25-17-12-8-7-11-16(17)24-6-3/h7-8,11-12,15H,4-6,9-10,13-14H2,1-3H3/t15-/m1/s1. The van der Waals surface area contributed by atoms with Gasteiger partial charge in [-0.3, -0.25) is 9.59 Å². The van der Waals surface area contributed by atoms with E-state index in [0.717, 1.165) is 12.8 Å². The van der Waals surface area contributed by atoms with E-state index in [-0.39, 0.29) is 24.5 Å². The Hall–Kier alpha value is -2.24. The van der Waals surface area contributed by atoms with Crippen LogP contribution in [-0.2, 0) is 9.59 Å². The molecule has 0 spiro atoms. The SMILES string of the molecule is CCOc1ccccc1OCC(=O)N1CCC[C@@H]1C(=O)N(CC)CC. The number of carbonyl (C=O) groups is 2. The van der Waals surface area contributed by atoms with E-state index in [1.807, 2.05) is 39.0 Å². The third-order valence-electron chi connectivity index (χ3n) is 4.43. The summed E-state index contributed by atoms with van der Waals surface area (Å²) in [5, 5.41) is 0. The third-order valence-corrected chi connectivity index (χ3v) is 4.43. The first-order valence-corrected chi connectivity index (χ1v) is 9.05. The van der Waals surface area contributed by atoms with Crippen LogP contribution in [0.1, 0.15) is 33.6 Å². The molecule has 0 unspecified atom stereocenters. The van der Waals surface area contributed by atoms with Gasteiger partial charge in [-0.05, 0) is 45.7 Å². The van der Waals surface area contributed by atoms with Gasteiger partial charge in [-0.15, -0.1) is 0 Å². The molecule has 2 amide bonds. The average Bonchev–Trinajstić information content (AvgIpc) is 3.11. The Kier molecular flexibility index (Phi) is 7.10. The molecule has 0 bridgehead atoms. The molecule has 1 fully saturated rings. The summed E-state index contributed by atoms with van der Waals surface area (Å²) in [4.78, 5) is 28.6. The van der Waals surface area contributed by atoms with E-state index >= 15 is 0 Å². The van der Waals surface area contributed by atoms with Gasteiger partial charge in [0.15, 0.2) is 18.1 Å². The molecule has 138 valence electrons. The summed E-state index contributed by atoms with van der Waals surface area (Å²) >= 11 is 0. The highest BCUT2D eigenvalue weighted by Gasteiger charge is 2.35. The zero-order valence-corrected chi connectivity index (χ0v) is 15.4. The van der Waals surface area contributed by atoms with Gasteiger partial charge in [-0.1, -0.05) is 12.1 Å². The minimum atomic E-state index is -0.363. The van der Waals surface area contributed by atoms with Crippen molar-refractivity contribution in [1.82, 2.24) is 9.80 Å². The molecule has 1 aromatic rings. The van der Waals surface area contributed by atoms with Gasteiger partial charge in [0.2, 0.25) is 5.91 Å². The predicted octanol–water partition coefficient (Wildman–Crippen LogP) is 2.32. The van der Waals surface area contributed by atoms with Gasteiger partial charge in [0.25, 0.3) is 5.91 Å². The number of likely N-dealkylation sites (tertiary alicyclic amines) is 1. The lowest BCUT2D eigenvalue weighted by Gasteiger charge is -2.29. The quantitative estimate of drug-likeness (QED) is 0.723. The van der Waals surface area contributed by atoms with Crippen molar-refractivity contribution in [3.63, 3.8) is 0 Å². The van der Waals surface area contributed by atoms with Crippen molar-refractivity contribution >= 4 is 11.8 Å². The van der Waals surface area contributed by atoms with Gasteiger partial charge < -0.3 is 19.3 Å². The van der Waals surface area contributed by atoms with Gasteiger partial charge in [-0.25, -0.2) is 0 Å². The van der Waals surface area contributed by atoms with Crippen molar-refractivity contribution in [3.8, 4) is 11.5 Å². The van der Waals surface area contributed by atoms with E-state index in [0.29, 0.717) is 37.7 Å². The van der Waals surface area contributed by atoms with Gasteiger partial charge in [0.1, 0.15) is 6.04 Å². The van der Waals surface area contributed by atoms with Gasteiger partial charge in [-0.2, -0.15) is 0 Å². The van der Waals surface area contributed by atoms with Crippen molar-refractivity contribution in [2.24, 2.45) is 0 Å². The molecular formula is C19H28N2O4. The van der Waals surface area contributed by atoms with Crippen LogP contribution >= 0.6 is 0 Å². The van der Waals surface area contributed by atoms with Crippen LogP contribution in [0.25, 0.3) is 0 Å². The monoisotopic (exact) mass is 348 g/mol. The molecule has 1 aliphatic rings. The maximum atomic E-state index is 12.6. The predicted molar refractivity (Wildman–Crippen MR) is 95.8 cm³/mol. The zero-order chi connectivity index (χ0) is 18.2. The Morgan fingerprint density at radius 3 is 2.36 bits per heavy atom. The molecule has 0 aromatic heterocycles. The molecule has 1 heterocycles. The van der Waals surface area contributed by atoms with Gasteiger partial charge >= 0.3 is 0 Å². The molecule has 0 radical (unpaired) electrons. The van der Waals surface area contributed by atoms with Crippen LogP contribution in [0, 0.1) is 0 Å². The molecule has 1 aromatic carbocycles. The van der Waals surface area contributed by atoms with Crippen LogP contribution in [0.3, 0.4) is 0 Å². The van der Waals surface area contributed by atoms with Crippen molar-refractivity contribution in [2.45, 2.75) is 39.7 Å². The lowest BCUT2D eigenvalue weighted by Crippen LogP contribution is -2.48. The summed E-state index contributed by atoms with van der Waals surface area (Å²) < 4.78 is 11.2. The second-order valence-corrected chi connectivity index (χ2v) is 5.92. The normalized spacial score (nSPS) is 16.6. The largest absolute Gasteiger partial charge is 0.490 e. The number of hydrogen-bond acceptors (Lipinski definition) is 4. The highest BCUT2D eigenvalue weighted by Crippen LogP contribution is 2.27. The Bertz CT molecular complexity index is 587. The average molecular weight is 348 g/mol. The van der Waals surface area contributed by atoms with Crippen LogP contribution in [-0.4, -0.2) is 60.5 Å². The molecule has 2 rings (SSSR count). The molecule has 6 heteroatoms. The molecular weight excluding hydrogens is 320 g/mol. The summed E-state index contributed by atoms with van der Waals surface area (Å²) in [5.74, 6) is 1.04. The smallest absolute Gasteiger partial charge is 0.261 e. The number of hydrogen-bond donors (Lipinski definition) is 0. The van der Waals surface area contributed by atoms with E-state index in [2.05, 4.69) is 0 Å².